The molecule has 2 fully saturated rings. The van der Waals surface area contributed by atoms with Crippen molar-refractivity contribution in [1.29, 1.82) is 0 Å². The Hall–Kier alpha value is -1.88. The molecular formula is C20H18Cl2N2O2. The number of nitrogens with two attached hydrogens (primary N) is 1. The van der Waals surface area contributed by atoms with Crippen LogP contribution in [0.1, 0.15) is 23.5 Å². The lowest BCUT2D eigenvalue weighted by molar-refractivity contribution is -0.130. The average molecular weight is 389 g/mol. The maximum Gasteiger partial charge on any atom is 0.238 e. The van der Waals surface area contributed by atoms with Crippen LogP contribution in [0.2, 0.25) is 10.0 Å². The molecule has 1 amide bonds. The van der Waals surface area contributed by atoms with Crippen LogP contribution in [0.4, 0.5) is 0 Å². The van der Waals surface area contributed by atoms with Crippen molar-refractivity contribution >= 4 is 34.9 Å². The second-order valence-corrected chi connectivity index (χ2v) is 7.98. The number of rotatable bonds is 3. The van der Waals surface area contributed by atoms with E-state index in [-0.39, 0.29) is 17.7 Å². The average Bonchev–Trinajstić information content (AvgIpc) is 3.00. The molecular weight excluding hydrogens is 371 g/mol. The van der Waals surface area contributed by atoms with Gasteiger partial charge < -0.3 is 10.6 Å². The van der Waals surface area contributed by atoms with E-state index in [2.05, 4.69) is 0 Å². The Morgan fingerprint density at radius 2 is 1.73 bits per heavy atom. The third-order valence-corrected chi connectivity index (χ3v) is 5.76. The Morgan fingerprint density at radius 3 is 2.38 bits per heavy atom. The van der Waals surface area contributed by atoms with Crippen LogP contribution >= 0.6 is 23.2 Å². The fraction of sp³-hybridized carbons (Fsp3) is 0.300. The zero-order valence-electron chi connectivity index (χ0n) is 14.0. The number of benzene rings is 2. The molecule has 2 aliphatic heterocycles. The summed E-state index contributed by atoms with van der Waals surface area (Å²) in [6.07, 6.45) is 0.939. The molecule has 0 radical (unpaired) electrons. The van der Waals surface area contributed by atoms with E-state index in [0.29, 0.717) is 35.0 Å². The van der Waals surface area contributed by atoms with Gasteiger partial charge in [-0.15, -0.1) is 0 Å². The van der Waals surface area contributed by atoms with Crippen molar-refractivity contribution in [3.63, 3.8) is 0 Å². The molecule has 2 aromatic carbocycles. The van der Waals surface area contributed by atoms with Crippen molar-refractivity contribution in [2.75, 3.05) is 6.54 Å². The van der Waals surface area contributed by atoms with Crippen molar-refractivity contribution in [2.45, 2.75) is 30.3 Å². The van der Waals surface area contributed by atoms with Gasteiger partial charge in [0.15, 0.2) is 5.78 Å². The largest absolute Gasteiger partial charge is 0.327 e. The summed E-state index contributed by atoms with van der Waals surface area (Å²) in [6.45, 7) is 0.391. The minimum atomic E-state index is -0.892. The Balaban J connectivity index is 1.77. The predicted octanol–water partition coefficient (Wildman–Crippen LogP) is 3.20. The highest BCUT2D eigenvalue weighted by molar-refractivity contribution is 6.35. The number of fused-ring (bicyclic) bond motifs is 1. The number of ketones is 1. The van der Waals surface area contributed by atoms with Gasteiger partial charge in [0.05, 0.1) is 0 Å². The van der Waals surface area contributed by atoms with Gasteiger partial charge in [-0.05, 0) is 35.7 Å². The lowest BCUT2D eigenvalue weighted by Crippen LogP contribution is -2.46. The molecule has 0 spiro atoms. The topological polar surface area (TPSA) is 63.4 Å². The van der Waals surface area contributed by atoms with E-state index < -0.39 is 11.5 Å². The highest BCUT2D eigenvalue weighted by Gasteiger charge is 2.62. The van der Waals surface area contributed by atoms with Crippen LogP contribution in [0.5, 0.6) is 0 Å². The standard InChI is InChI=1S/C20H18Cl2N2O2/c21-14-6-13(7-15(22)8-14)17-18(25)20(9-12-4-2-1-3-5-12)10-16(23)11-24(20)19(17)26/h1-8,16-17H,9-11,23H2/t16-,17?,20-/m0/s1. The molecule has 4 rings (SSSR count). The molecule has 2 N–H and O–H groups in total. The summed E-state index contributed by atoms with van der Waals surface area (Å²) in [6, 6.07) is 14.4. The van der Waals surface area contributed by atoms with E-state index in [1.165, 1.54) is 0 Å². The third-order valence-electron chi connectivity index (χ3n) is 5.33. The molecule has 0 bridgehead atoms. The van der Waals surface area contributed by atoms with Gasteiger partial charge in [-0.3, -0.25) is 9.59 Å². The van der Waals surface area contributed by atoms with Crippen LogP contribution in [0, 0.1) is 0 Å². The molecule has 1 unspecified atom stereocenters. The number of halogens is 2. The van der Waals surface area contributed by atoms with Crippen LogP contribution in [0.25, 0.3) is 0 Å². The van der Waals surface area contributed by atoms with Crippen molar-refractivity contribution in [2.24, 2.45) is 5.73 Å². The van der Waals surface area contributed by atoms with Crippen molar-refractivity contribution in [1.82, 2.24) is 4.90 Å². The molecule has 0 saturated carbocycles. The summed E-state index contributed by atoms with van der Waals surface area (Å²) in [5.74, 6) is -1.20. The first-order chi connectivity index (χ1) is 12.4. The summed E-state index contributed by atoms with van der Waals surface area (Å²) in [5.41, 5.74) is 6.80. The smallest absolute Gasteiger partial charge is 0.238 e. The minimum absolute atomic E-state index is 0.113. The van der Waals surface area contributed by atoms with Crippen molar-refractivity contribution < 1.29 is 9.59 Å². The number of carbonyl (C=O) groups is 2. The Morgan fingerprint density at radius 1 is 1.08 bits per heavy atom. The molecule has 2 aromatic rings. The number of carbonyl (C=O) groups excluding carboxylic acids is 2. The van der Waals surface area contributed by atoms with E-state index in [1.807, 2.05) is 30.3 Å². The molecule has 134 valence electrons. The van der Waals surface area contributed by atoms with Gasteiger partial charge in [-0.1, -0.05) is 53.5 Å². The highest BCUT2D eigenvalue weighted by Crippen LogP contribution is 2.45. The SMILES string of the molecule is N[C@@H]1CN2C(=O)C(c3cc(Cl)cc(Cl)c3)C(=O)[C@]2(Cc2ccccc2)C1. The maximum absolute atomic E-state index is 13.5. The first-order valence-electron chi connectivity index (χ1n) is 8.52. The summed E-state index contributed by atoms with van der Waals surface area (Å²) in [7, 11) is 0. The molecule has 0 aliphatic carbocycles. The van der Waals surface area contributed by atoms with Crippen LogP contribution in [0.15, 0.2) is 48.5 Å². The van der Waals surface area contributed by atoms with Gasteiger partial charge in [0.2, 0.25) is 5.91 Å². The van der Waals surface area contributed by atoms with Crippen LogP contribution in [-0.4, -0.2) is 34.7 Å². The summed E-state index contributed by atoms with van der Waals surface area (Å²) in [4.78, 5) is 28.3. The zero-order chi connectivity index (χ0) is 18.5. The number of nitrogens with zero attached hydrogens (tertiary/aromatic N) is 1. The van der Waals surface area contributed by atoms with Crippen LogP contribution in [0.3, 0.4) is 0 Å². The highest BCUT2D eigenvalue weighted by atomic mass is 35.5. The summed E-state index contributed by atoms with van der Waals surface area (Å²) < 4.78 is 0. The van der Waals surface area contributed by atoms with E-state index in [1.54, 1.807) is 23.1 Å². The van der Waals surface area contributed by atoms with Crippen LogP contribution < -0.4 is 5.73 Å². The van der Waals surface area contributed by atoms with E-state index in [0.717, 1.165) is 5.56 Å². The van der Waals surface area contributed by atoms with E-state index in [9.17, 15) is 9.59 Å². The van der Waals surface area contributed by atoms with Gasteiger partial charge in [-0.25, -0.2) is 0 Å². The Kier molecular flexibility index (Phi) is 4.30. The fourth-order valence-electron chi connectivity index (χ4n) is 4.31. The minimum Gasteiger partial charge on any atom is -0.327 e. The Labute approximate surface area is 161 Å². The first kappa shape index (κ1) is 17.5. The first-order valence-corrected chi connectivity index (χ1v) is 9.27. The molecule has 26 heavy (non-hydrogen) atoms. The number of amides is 1. The molecule has 4 nitrogen and oxygen atoms in total. The molecule has 2 heterocycles. The van der Waals surface area contributed by atoms with E-state index >= 15 is 0 Å². The maximum atomic E-state index is 13.5. The Bertz CT molecular complexity index is 866. The van der Waals surface area contributed by atoms with Crippen molar-refractivity contribution in [3.8, 4) is 0 Å². The number of hydrogen-bond acceptors (Lipinski definition) is 3. The quantitative estimate of drug-likeness (QED) is 0.821. The fourth-order valence-corrected chi connectivity index (χ4v) is 4.86. The lowest BCUT2D eigenvalue weighted by Gasteiger charge is -2.30. The molecule has 0 aromatic heterocycles. The van der Waals surface area contributed by atoms with E-state index in [4.69, 9.17) is 28.9 Å². The second kappa shape index (κ2) is 6.38. The third kappa shape index (κ3) is 2.73. The molecule has 2 saturated heterocycles. The van der Waals surface area contributed by atoms with Gasteiger partial charge in [-0.2, -0.15) is 0 Å². The number of hydrogen-bond donors (Lipinski definition) is 1. The number of Topliss-reactive ketones (excluding diaryl/α,β-unsaturated/α-hetero) is 1. The van der Waals surface area contributed by atoms with Crippen molar-refractivity contribution in [3.05, 3.63) is 69.7 Å². The van der Waals surface area contributed by atoms with Gasteiger partial charge in [0.25, 0.3) is 0 Å². The molecule has 2 aliphatic rings. The monoisotopic (exact) mass is 388 g/mol. The van der Waals surface area contributed by atoms with Gasteiger partial charge in [0, 0.05) is 29.1 Å². The van der Waals surface area contributed by atoms with Gasteiger partial charge >= 0.3 is 0 Å². The normalized spacial score (nSPS) is 27.9. The summed E-state index contributed by atoms with van der Waals surface area (Å²) in [5, 5.41) is 0.822. The predicted molar refractivity (Wildman–Crippen MR) is 101 cm³/mol. The van der Waals surface area contributed by atoms with Gasteiger partial charge in [0.1, 0.15) is 11.5 Å². The second-order valence-electron chi connectivity index (χ2n) is 7.11. The summed E-state index contributed by atoms with van der Waals surface area (Å²) >= 11 is 12.2. The zero-order valence-corrected chi connectivity index (χ0v) is 15.5. The lowest BCUT2D eigenvalue weighted by atomic mass is 9.80. The molecule has 6 heteroatoms. The van der Waals surface area contributed by atoms with Crippen LogP contribution in [-0.2, 0) is 16.0 Å². The molecule has 3 atom stereocenters.